The average molecular weight is 410 g/mol. The zero-order chi connectivity index (χ0) is 21.2. The number of carbonyl (C=O) groups excluding carboxylic acids is 1. The molecular weight excluding hydrogens is 388 g/mol. The second-order valence-electron chi connectivity index (χ2n) is 7.62. The van der Waals surface area contributed by atoms with Gasteiger partial charge in [0, 0.05) is 36.1 Å². The van der Waals surface area contributed by atoms with Crippen LogP contribution in [0.25, 0.3) is 16.9 Å². The maximum Gasteiger partial charge on any atom is 0.251 e. The number of amides is 1. The van der Waals surface area contributed by atoms with Crippen LogP contribution in [-0.4, -0.2) is 33.3 Å². The molecule has 0 spiro atoms. The Morgan fingerprint density at radius 1 is 1.13 bits per heavy atom. The summed E-state index contributed by atoms with van der Waals surface area (Å²) in [7, 11) is 0. The molecule has 0 radical (unpaired) electrons. The number of fused-ring (bicyclic) bond motifs is 1. The molecule has 6 nitrogen and oxygen atoms in total. The third kappa shape index (κ3) is 3.80. The number of aromatic nitrogens is 3. The summed E-state index contributed by atoms with van der Waals surface area (Å²) in [5, 5.41) is 7.23. The normalized spacial score (nSPS) is 14.7. The molecule has 4 aromatic rings. The fourth-order valence-corrected chi connectivity index (χ4v) is 3.93. The van der Waals surface area contributed by atoms with Crippen LogP contribution < -0.4 is 10.1 Å². The maximum absolute atomic E-state index is 12.7. The molecule has 3 heterocycles. The predicted molar refractivity (Wildman–Crippen MR) is 118 cm³/mol. The summed E-state index contributed by atoms with van der Waals surface area (Å²) in [5.41, 5.74) is 5.61. The highest BCUT2D eigenvalue weighted by atomic mass is 16.5. The summed E-state index contributed by atoms with van der Waals surface area (Å²) >= 11 is 0. The molecule has 1 unspecified atom stereocenters. The number of aryl methyl sites for hydroxylation is 1. The van der Waals surface area contributed by atoms with Gasteiger partial charge in [-0.05, 0) is 54.4 Å². The number of rotatable bonds is 5. The van der Waals surface area contributed by atoms with E-state index in [-0.39, 0.29) is 12.0 Å². The van der Waals surface area contributed by atoms with Crippen molar-refractivity contribution in [2.24, 2.45) is 0 Å². The number of carbonyl (C=O) groups is 1. The Bertz CT molecular complexity index is 1230. The summed E-state index contributed by atoms with van der Waals surface area (Å²) in [4.78, 5) is 17.3. The fraction of sp³-hybridized carbons (Fsp3) is 0.160. The van der Waals surface area contributed by atoms with Crippen LogP contribution in [0.15, 0.2) is 79.3 Å². The molecular formula is C25H22N4O2. The lowest BCUT2D eigenvalue weighted by Crippen LogP contribution is -2.34. The molecule has 6 heteroatoms. The summed E-state index contributed by atoms with van der Waals surface area (Å²) in [6, 6.07) is 19.4. The van der Waals surface area contributed by atoms with E-state index in [2.05, 4.69) is 21.5 Å². The van der Waals surface area contributed by atoms with Crippen molar-refractivity contribution in [2.75, 3.05) is 6.54 Å². The SMILES string of the molecule is Cc1cccnc1-c1cccc2c1OC(CNC(=O)c1cccc(-n3cccn3)c1)C2. The molecule has 1 aliphatic heterocycles. The third-order valence-corrected chi connectivity index (χ3v) is 5.46. The predicted octanol–water partition coefficient (Wildman–Crippen LogP) is 3.98. The lowest BCUT2D eigenvalue weighted by molar-refractivity contribution is 0.0933. The standard InChI is InChI=1S/C25H22N4O2/c1-17-6-4-11-26-23(17)22-10-3-7-18-15-21(31-24(18)22)16-27-25(30)19-8-2-9-20(14-19)29-13-5-12-28-29/h2-14,21H,15-16H2,1H3,(H,27,30). The summed E-state index contributed by atoms with van der Waals surface area (Å²) in [6.45, 7) is 2.48. The number of hydrogen-bond donors (Lipinski definition) is 1. The van der Waals surface area contributed by atoms with E-state index in [1.165, 1.54) is 0 Å². The van der Waals surface area contributed by atoms with Crippen LogP contribution in [0.4, 0.5) is 0 Å². The van der Waals surface area contributed by atoms with Crippen LogP contribution in [0.3, 0.4) is 0 Å². The first-order valence-corrected chi connectivity index (χ1v) is 10.3. The zero-order valence-corrected chi connectivity index (χ0v) is 17.2. The van der Waals surface area contributed by atoms with Gasteiger partial charge in [0.1, 0.15) is 11.9 Å². The highest BCUT2D eigenvalue weighted by molar-refractivity contribution is 5.94. The molecule has 0 saturated carbocycles. The minimum atomic E-state index is -0.130. The lowest BCUT2D eigenvalue weighted by Gasteiger charge is -2.14. The van der Waals surface area contributed by atoms with Gasteiger partial charge in [-0.3, -0.25) is 9.78 Å². The van der Waals surface area contributed by atoms with Gasteiger partial charge < -0.3 is 10.1 Å². The first-order chi connectivity index (χ1) is 15.2. The number of pyridine rings is 1. The van der Waals surface area contributed by atoms with Crippen LogP contribution >= 0.6 is 0 Å². The Morgan fingerprint density at radius 3 is 2.87 bits per heavy atom. The van der Waals surface area contributed by atoms with E-state index in [9.17, 15) is 4.79 Å². The summed E-state index contributed by atoms with van der Waals surface area (Å²) in [5.74, 6) is 0.735. The smallest absolute Gasteiger partial charge is 0.251 e. The van der Waals surface area contributed by atoms with Gasteiger partial charge in [-0.1, -0.05) is 24.3 Å². The van der Waals surface area contributed by atoms with Gasteiger partial charge in [-0.2, -0.15) is 5.10 Å². The monoisotopic (exact) mass is 410 g/mol. The van der Waals surface area contributed by atoms with Crippen molar-refractivity contribution >= 4 is 5.91 Å². The lowest BCUT2D eigenvalue weighted by atomic mass is 10.0. The van der Waals surface area contributed by atoms with Crippen LogP contribution in [-0.2, 0) is 6.42 Å². The second-order valence-corrected chi connectivity index (χ2v) is 7.62. The largest absolute Gasteiger partial charge is 0.487 e. The topological polar surface area (TPSA) is 69.0 Å². The Hall–Kier alpha value is -3.93. The minimum Gasteiger partial charge on any atom is -0.487 e. The van der Waals surface area contributed by atoms with Crippen molar-refractivity contribution < 1.29 is 9.53 Å². The van der Waals surface area contributed by atoms with Gasteiger partial charge >= 0.3 is 0 Å². The molecule has 0 aliphatic carbocycles. The molecule has 1 N–H and O–H groups in total. The third-order valence-electron chi connectivity index (χ3n) is 5.46. The van der Waals surface area contributed by atoms with Crippen molar-refractivity contribution in [2.45, 2.75) is 19.4 Å². The van der Waals surface area contributed by atoms with Gasteiger partial charge in [-0.25, -0.2) is 4.68 Å². The van der Waals surface area contributed by atoms with Crippen molar-refractivity contribution in [1.29, 1.82) is 0 Å². The molecule has 0 bridgehead atoms. The second kappa shape index (κ2) is 8.07. The Morgan fingerprint density at radius 2 is 2.03 bits per heavy atom. The Labute approximate surface area is 180 Å². The number of benzene rings is 2. The molecule has 0 fully saturated rings. The highest BCUT2D eigenvalue weighted by Crippen LogP contribution is 2.38. The molecule has 31 heavy (non-hydrogen) atoms. The van der Waals surface area contributed by atoms with E-state index in [1.807, 2.05) is 61.7 Å². The van der Waals surface area contributed by atoms with Crippen LogP contribution in [0, 0.1) is 6.92 Å². The van der Waals surface area contributed by atoms with Gasteiger partial charge in [-0.15, -0.1) is 0 Å². The average Bonchev–Trinajstić information content (AvgIpc) is 3.48. The first-order valence-electron chi connectivity index (χ1n) is 10.3. The van der Waals surface area contributed by atoms with Crippen molar-refractivity contribution in [3.05, 3.63) is 95.9 Å². The summed E-state index contributed by atoms with van der Waals surface area (Å²) in [6.07, 6.45) is 6.00. The van der Waals surface area contributed by atoms with Crippen LogP contribution in [0.1, 0.15) is 21.5 Å². The molecule has 1 atom stereocenters. The van der Waals surface area contributed by atoms with Crippen LogP contribution in [0.5, 0.6) is 5.75 Å². The van der Waals surface area contributed by atoms with Crippen molar-refractivity contribution in [3.63, 3.8) is 0 Å². The zero-order valence-electron chi connectivity index (χ0n) is 17.2. The first kappa shape index (κ1) is 19.1. The molecule has 1 amide bonds. The van der Waals surface area contributed by atoms with E-state index in [0.717, 1.165) is 40.2 Å². The van der Waals surface area contributed by atoms with Gasteiger partial charge in [0.15, 0.2) is 0 Å². The van der Waals surface area contributed by atoms with Crippen molar-refractivity contribution in [1.82, 2.24) is 20.1 Å². The minimum absolute atomic E-state index is 0.113. The molecule has 2 aromatic carbocycles. The van der Waals surface area contributed by atoms with Crippen molar-refractivity contribution in [3.8, 4) is 22.7 Å². The molecule has 1 aliphatic rings. The number of nitrogens with one attached hydrogen (secondary N) is 1. The maximum atomic E-state index is 12.7. The number of ether oxygens (including phenoxy) is 1. The number of para-hydroxylation sites is 1. The van der Waals surface area contributed by atoms with Crippen LogP contribution in [0.2, 0.25) is 0 Å². The number of nitrogens with zero attached hydrogens (tertiary/aromatic N) is 3. The van der Waals surface area contributed by atoms with E-state index < -0.39 is 0 Å². The highest BCUT2D eigenvalue weighted by Gasteiger charge is 2.27. The Kier molecular flexibility index (Phi) is 4.96. The quantitative estimate of drug-likeness (QED) is 0.540. The molecule has 0 saturated heterocycles. The fourth-order valence-electron chi connectivity index (χ4n) is 3.93. The Balaban J connectivity index is 1.28. The number of hydrogen-bond acceptors (Lipinski definition) is 4. The van der Waals surface area contributed by atoms with E-state index >= 15 is 0 Å². The van der Waals surface area contributed by atoms with E-state index in [0.29, 0.717) is 12.1 Å². The van der Waals surface area contributed by atoms with E-state index in [4.69, 9.17) is 4.74 Å². The van der Waals surface area contributed by atoms with Gasteiger partial charge in [0.25, 0.3) is 5.91 Å². The molecule has 5 rings (SSSR count). The van der Waals surface area contributed by atoms with Gasteiger partial charge in [0.2, 0.25) is 0 Å². The van der Waals surface area contributed by atoms with Gasteiger partial charge in [0.05, 0.1) is 17.9 Å². The molecule has 154 valence electrons. The van der Waals surface area contributed by atoms with E-state index in [1.54, 1.807) is 23.1 Å². The summed E-state index contributed by atoms with van der Waals surface area (Å²) < 4.78 is 7.98. The molecule has 2 aromatic heterocycles.